The van der Waals surface area contributed by atoms with E-state index in [1.54, 1.807) is 18.6 Å². The lowest BCUT2D eigenvalue weighted by atomic mass is 10.1. The number of carbonyl (C=O) groups excluding carboxylic acids is 1. The van der Waals surface area contributed by atoms with Gasteiger partial charge in [-0.3, -0.25) is 9.79 Å². The summed E-state index contributed by atoms with van der Waals surface area (Å²) in [6, 6.07) is -0.747. The van der Waals surface area contributed by atoms with E-state index < -0.39 is 6.04 Å². The van der Waals surface area contributed by atoms with Crippen LogP contribution >= 0.6 is 11.3 Å². The van der Waals surface area contributed by atoms with Crippen molar-refractivity contribution in [3.63, 3.8) is 0 Å². The van der Waals surface area contributed by atoms with Gasteiger partial charge in [0.15, 0.2) is 11.0 Å². The molecule has 1 radical (unpaired) electrons. The molecule has 93 valence electrons. The third-order valence-electron chi connectivity index (χ3n) is 2.18. The van der Waals surface area contributed by atoms with E-state index in [1.165, 1.54) is 11.3 Å². The fourth-order valence-corrected chi connectivity index (χ4v) is 1.86. The van der Waals surface area contributed by atoms with Crippen molar-refractivity contribution < 1.29 is 4.79 Å². The summed E-state index contributed by atoms with van der Waals surface area (Å²) in [6.07, 6.45) is 2.76. The van der Waals surface area contributed by atoms with Crippen LogP contribution in [0.5, 0.6) is 0 Å². The Labute approximate surface area is 104 Å². The van der Waals surface area contributed by atoms with Gasteiger partial charge < -0.3 is 11.1 Å². The van der Waals surface area contributed by atoms with Crippen LogP contribution in [0.4, 0.5) is 0 Å². The summed E-state index contributed by atoms with van der Waals surface area (Å²) in [5.74, 6) is 0.162. The van der Waals surface area contributed by atoms with Crippen molar-refractivity contribution in [2.75, 3.05) is 13.6 Å². The van der Waals surface area contributed by atoms with E-state index in [4.69, 9.17) is 11.5 Å². The molecule has 0 saturated heterocycles. The van der Waals surface area contributed by atoms with E-state index in [0.717, 1.165) is 0 Å². The Morgan fingerprint density at radius 2 is 2.53 bits per heavy atom. The van der Waals surface area contributed by atoms with Crippen molar-refractivity contribution in [2.45, 2.75) is 18.9 Å². The van der Waals surface area contributed by atoms with Gasteiger partial charge in [0.25, 0.3) is 0 Å². The molecule has 0 fully saturated rings. The van der Waals surface area contributed by atoms with Gasteiger partial charge in [0, 0.05) is 25.2 Å². The first-order valence-electron chi connectivity index (χ1n) is 5.26. The Kier molecular flexibility index (Phi) is 5.58. The van der Waals surface area contributed by atoms with Crippen LogP contribution in [-0.4, -0.2) is 36.4 Å². The summed E-state index contributed by atoms with van der Waals surface area (Å²) >= 11 is 1.27. The molecule has 7 heteroatoms. The van der Waals surface area contributed by atoms with E-state index in [-0.39, 0.29) is 5.78 Å². The van der Waals surface area contributed by atoms with Crippen LogP contribution in [0.3, 0.4) is 0 Å². The van der Waals surface area contributed by atoms with Crippen LogP contribution < -0.4 is 16.8 Å². The standard InChI is InChI=1S/C10H16N5OS/c1-13-10(12)15-4-2-3-7(11)8(16)9-14-5-6-17-9/h5-7,11H,2-4H2,1H3,(H3,12,13,15)/t7-/m0/s1. The van der Waals surface area contributed by atoms with Crippen molar-refractivity contribution in [1.82, 2.24) is 16.0 Å². The van der Waals surface area contributed by atoms with Crippen molar-refractivity contribution in [3.8, 4) is 0 Å². The molecule has 0 saturated carbocycles. The highest BCUT2D eigenvalue weighted by Gasteiger charge is 2.17. The highest BCUT2D eigenvalue weighted by molar-refractivity contribution is 7.11. The lowest BCUT2D eigenvalue weighted by Gasteiger charge is -2.08. The largest absolute Gasteiger partial charge is 0.370 e. The topological polar surface area (TPSA) is 104 Å². The summed E-state index contributed by atoms with van der Waals surface area (Å²) in [5, 5.41) is 5.03. The molecule has 0 bridgehead atoms. The number of nitrogens with two attached hydrogens (primary N) is 1. The predicted octanol–water partition coefficient (Wildman–Crippen LogP) is 0.292. The average Bonchev–Trinajstić information content (AvgIpc) is 2.86. The van der Waals surface area contributed by atoms with Crippen molar-refractivity contribution in [3.05, 3.63) is 16.6 Å². The second kappa shape index (κ2) is 6.97. The van der Waals surface area contributed by atoms with Gasteiger partial charge in [-0.2, -0.15) is 0 Å². The minimum Gasteiger partial charge on any atom is -0.370 e. The molecule has 6 nitrogen and oxygen atoms in total. The summed E-state index contributed by atoms with van der Waals surface area (Å²) in [7, 11) is 1.60. The average molecular weight is 254 g/mol. The highest BCUT2D eigenvalue weighted by atomic mass is 32.1. The maximum atomic E-state index is 11.7. The minimum atomic E-state index is -0.747. The van der Waals surface area contributed by atoms with Gasteiger partial charge in [0.1, 0.15) is 0 Å². The molecule has 0 spiro atoms. The molecule has 1 rings (SSSR count). The van der Waals surface area contributed by atoms with Crippen LogP contribution in [0.2, 0.25) is 0 Å². The smallest absolute Gasteiger partial charge is 0.209 e. The second-order valence-corrected chi connectivity index (χ2v) is 4.33. The number of thiazole rings is 1. The fraction of sp³-hybridized carbons (Fsp3) is 0.500. The van der Waals surface area contributed by atoms with E-state index in [1.807, 2.05) is 0 Å². The summed E-state index contributed by atoms with van der Waals surface area (Å²) in [6.45, 7) is 0.615. The van der Waals surface area contributed by atoms with Crippen molar-refractivity contribution in [2.24, 2.45) is 10.7 Å². The number of aliphatic imine (C=N–C) groups is 1. The lowest BCUT2D eigenvalue weighted by molar-refractivity contribution is 0.0953. The number of aromatic nitrogens is 1. The first-order chi connectivity index (χ1) is 8.15. The van der Waals surface area contributed by atoms with Crippen LogP contribution in [0.1, 0.15) is 22.6 Å². The molecule has 0 aliphatic heterocycles. The lowest BCUT2D eigenvalue weighted by Crippen LogP contribution is -2.33. The van der Waals surface area contributed by atoms with E-state index in [0.29, 0.717) is 30.4 Å². The van der Waals surface area contributed by atoms with E-state index >= 15 is 0 Å². The van der Waals surface area contributed by atoms with Gasteiger partial charge in [-0.1, -0.05) is 0 Å². The first-order valence-corrected chi connectivity index (χ1v) is 6.14. The Hall–Kier alpha value is -1.47. The number of hydrogen-bond donors (Lipinski definition) is 2. The zero-order valence-electron chi connectivity index (χ0n) is 9.64. The first kappa shape index (κ1) is 13.6. The molecule has 0 aromatic carbocycles. The van der Waals surface area contributed by atoms with Crippen LogP contribution in [0.15, 0.2) is 16.6 Å². The SMILES string of the molecule is CN=C(N)NCCC[C@H]([NH])C(=O)c1nccs1. The number of guanidine groups is 1. The molecule has 1 heterocycles. The molecular formula is C10H16N5OS. The number of carbonyl (C=O) groups is 1. The van der Waals surface area contributed by atoms with Gasteiger partial charge in [0.2, 0.25) is 5.78 Å². The van der Waals surface area contributed by atoms with Crippen LogP contribution in [0, 0.1) is 0 Å². The maximum Gasteiger partial charge on any atom is 0.209 e. The Morgan fingerprint density at radius 3 is 3.12 bits per heavy atom. The summed E-state index contributed by atoms with van der Waals surface area (Å²) in [4.78, 5) is 19.3. The third-order valence-corrected chi connectivity index (χ3v) is 2.96. The van der Waals surface area contributed by atoms with Gasteiger partial charge in [-0.05, 0) is 12.8 Å². The quantitative estimate of drug-likeness (QED) is 0.329. The van der Waals surface area contributed by atoms with Crippen LogP contribution in [-0.2, 0) is 0 Å². The molecule has 0 aliphatic carbocycles. The molecule has 1 aromatic heterocycles. The van der Waals surface area contributed by atoms with Gasteiger partial charge in [0.05, 0.1) is 6.04 Å². The zero-order valence-corrected chi connectivity index (χ0v) is 10.5. The van der Waals surface area contributed by atoms with Crippen LogP contribution in [0.25, 0.3) is 0 Å². The van der Waals surface area contributed by atoms with Gasteiger partial charge in [-0.15, -0.1) is 11.3 Å². The number of nitrogens with one attached hydrogen (secondary N) is 2. The third kappa shape index (κ3) is 4.49. The Balaban J connectivity index is 2.26. The normalized spacial score (nSPS) is 13.4. The molecule has 4 N–H and O–H groups in total. The number of rotatable bonds is 6. The van der Waals surface area contributed by atoms with Crippen molar-refractivity contribution in [1.29, 1.82) is 0 Å². The molecule has 0 amide bonds. The molecule has 17 heavy (non-hydrogen) atoms. The van der Waals surface area contributed by atoms with Gasteiger partial charge >= 0.3 is 0 Å². The molecule has 0 unspecified atom stereocenters. The number of ketones is 1. The van der Waals surface area contributed by atoms with E-state index in [2.05, 4.69) is 15.3 Å². The fourth-order valence-electron chi connectivity index (χ4n) is 1.23. The van der Waals surface area contributed by atoms with Crippen molar-refractivity contribution >= 4 is 23.1 Å². The number of Topliss-reactive ketones (excluding diaryl/α,β-unsaturated/α-hetero) is 1. The van der Waals surface area contributed by atoms with Gasteiger partial charge in [-0.25, -0.2) is 10.7 Å². The van der Waals surface area contributed by atoms with E-state index in [9.17, 15) is 4.79 Å². The summed E-state index contributed by atoms with van der Waals surface area (Å²) in [5.41, 5.74) is 13.2. The molecule has 1 aromatic rings. The monoisotopic (exact) mass is 254 g/mol. The second-order valence-electron chi connectivity index (χ2n) is 3.43. The minimum absolute atomic E-state index is 0.211. The Morgan fingerprint density at radius 1 is 1.76 bits per heavy atom. The Bertz CT molecular complexity index is 376. The highest BCUT2D eigenvalue weighted by Crippen LogP contribution is 2.09. The number of nitrogens with zero attached hydrogens (tertiary/aromatic N) is 2. The molecular weight excluding hydrogens is 238 g/mol. The molecule has 0 aliphatic rings. The molecule has 1 atom stereocenters. The number of hydrogen-bond acceptors (Lipinski definition) is 4. The zero-order chi connectivity index (χ0) is 12.7. The summed E-state index contributed by atoms with van der Waals surface area (Å²) < 4.78 is 0. The maximum absolute atomic E-state index is 11.7. The predicted molar refractivity (Wildman–Crippen MR) is 68.1 cm³/mol.